The number of rotatable bonds is 7. The normalized spacial score (nSPS) is 14.3. The summed E-state index contributed by atoms with van der Waals surface area (Å²) in [7, 11) is 0. The molecule has 184 valence electrons. The fraction of sp³-hybridized carbons (Fsp3) is 0.300. The Morgan fingerprint density at radius 3 is 2.64 bits per heavy atom. The quantitative estimate of drug-likeness (QED) is 0.346. The number of fused-ring (bicyclic) bond motifs is 1. The number of nitrogens with zero attached hydrogens (tertiary/aromatic N) is 4. The third kappa shape index (κ3) is 5.39. The lowest BCUT2D eigenvalue weighted by atomic mass is 9.93. The van der Waals surface area contributed by atoms with E-state index in [1.165, 1.54) is 11.1 Å². The van der Waals surface area contributed by atoms with Crippen LogP contribution in [-0.2, 0) is 18.4 Å². The van der Waals surface area contributed by atoms with Gasteiger partial charge in [-0.3, -0.25) is 4.98 Å². The van der Waals surface area contributed by atoms with Crippen LogP contribution in [0.5, 0.6) is 0 Å². The molecule has 1 aliphatic rings. The first-order valence-electron chi connectivity index (χ1n) is 12.7. The highest BCUT2D eigenvalue weighted by Crippen LogP contribution is 2.34. The number of hydrogen-bond donors (Lipinski definition) is 2. The zero-order valence-corrected chi connectivity index (χ0v) is 21.3. The summed E-state index contributed by atoms with van der Waals surface area (Å²) in [6.45, 7) is 7.12. The van der Waals surface area contributed by atoms with E-state index in [1.54, 1.807) is 0 Å². The van der Waals surface area contributed by atoms with Crippen LogP contribution < -0.4 is 16.0 Å². The maximum atomic E-state index is 6.30. The van der Waals surface area contributed by atoms with Crippen LogP contribution in [-0.4, -0.2) is 27.5 Å². The predicted molar refractivity (Wildman–Crippen MR) is 147 cm³/mol. The molecule has 0 aliphatic carbocycles. The Balaban J connectivity index is 1.35. The minimum Gasteiger partial charge on any atom is -0.351 e. The smallest absolute Gasteiger partial charge is 0.224 e. The van der Waals surface area contributed by atoms with Gasteiger partial charge in [0.25, 0.3) is 0 Å². The molecule has 3 N–H and O–H groups in total. The van der Waals surface area contributed by atoms with E-state index < -0.39 is 0 Å². The summed E-state index contributed by atoms with van der Waals surface area (Å²) in [5.74, 6) is 1.52. The Kier molecular flexibility index (Phi) is 6.70. The van der Waals surface area contributed by atoms with Crippen molar-refractivity contribution in [3.8, 4) is 11.1 Å². The molecule has 2 aromatic carbocycles. The Morgan fingerprint density at radius 1 is 1.00 bits per heavy atom. The van der Waals surface area contributed by atoms with Gasteiger partial charge >= 0.3 is 0 Å². The molecule has 0 spiro atoms. The third-order valence-corrected chi connectivity index (χ3v) is 6.65. The van der Waals surface area contributed by atoms with Gasteiger partial charge in [0.2, 0.25) is 5.95 Å². The minimum absolute atomic E-state index is 0.163. The second-order valence-electron chi connectivity index (χ2n) is 10.2. The molecule has 6 heteroatoms. The summed E-state index contributed by atoms with van der Waals surface area (Å²) in [6, 6.07) is 23.3. The molecule has 0 unspecified atom stereocenters. The monoisotopic (exact) mass is 478 g/mol. The van der Waals surface area contributed by atoms with Gasteiger partial charge in [-0.15, -0.1) is 0 Å². The summed E-state index contributed by atoms with van der Waals surface area (Å²) >= 11 is 0. The van der Waals surface area contributed by atoms with Crippen LogP contribution in [0.2, 0.25) is 0 Å². The van der Waals surface area contributed by atoms with E-state index in [2.05, 4.69) is 76.7 Å². The Morgan fingerprint density at radius 2 is 1.83 bits per heavy atom. The number of aryl methyl sites for hydroxylation is 1. The maximum Gasteiger partial charge on any atom is 0.224 e. The van der Waals surface area contributed by atoms with Crippen LogP contribution >= 0.6 is 0 Å². The molecule has 0 saturated carbocycles. The predicted octanol–water partition coefficient (Wildman–Crippen LogP) is 5.86. The summed E-state index contributed by atoms with van der Waals surface area (Å²) in [5, 5.41) is 3.49. The van der Waals surface area contributed by atoms with Gasteiger partial charge in [0.05, 0.1) is 11.4 Å². The Hall–Kier alpha value is -3.77. The van der Waals surface area contributed by atoms with E-state index in [0.29, 0.717) is 5.95 Å². The Labute approximate surface area is 213 Å². The molecule has 36 heavy (non-hydrogen) atoms. The van der Waals surface area contributed by atoms with Crippen molar-refractivity contribution in [3.05, 3.63) is 95.9 Å². The lowest BCUT2D eigenvalue weighted by Gasteiger charge is -2.30. The van der Waals surface area contributed by atoms with E-state index in [0.717, 1.165) is 54.1 Å². The topological polar surface area (TPSA) is 80.0 Å². The number of benzene rings is 2. The molecule has 0 radical (unpaired) electrons. The van der Waals surface area contributed by atoms with Gasteiger partial charge < -0.3 is 16.0 Å². The van der Waals surface area contributed by atoms with Gasteiger partial charge in [0.15, 0.2) is 0 Å². The molecule has 0 bridgehead atoms. The van der Waals surface area contributed by atoms with E-state index in [-0.39, 0.29) is 11.6 Å². The van der Waals surface area contributed by atoms with Crippen molar-refractivity contribution < 1.29 is 0 Å². The molecule has 5 rings (SSSR count). The summed E-state index contributed by atoms with van der Waals surface area (Å²) in [4.78, 5) is 16.5. The Bertz CT molecular complexity index is 1330. The van der Waals surface area contributed by atoms with Crippen LogP contribution in [0.25, 0.3) is 11.1 Å². The zero-order valence-electron chi connectivity index (χ0n) is 21.3. The lowest BCUT2D eigenvalue weighted by Crippen LogP contribution is -2.29. The molecule has 0 fully saturated rings. The first-order chi connectivity index (χ1) is 17.4. The van der Waals surface area contributed by atoms with Gasteiger partial charge in [-0.2, -0.15) is 4.98 Å². The molecule has 3 heterocycles. The molecule has 0 saturated heterocycles. The van der Waals surface area contributed by atoms with Crippen LogP contribution in [0.4, 0.5) is 17.5 Å². The summed E-state index contributed by atoms with van der Waals surface area (Å²) in [5.41, 5.74) is 12.8. The largest absolute Gasteiger partial charge is 0.351 e. The summed E-state index contributed by atoms with van der Waals surface area (Å²) < 4.78 is 0. The number of nitrogens with one attached hydrogen (secondary N) is 1. The first kappa shape index (κ1) is 23.9. The fourth-order valence-electron chi connectivity index (χ4n) is 4.75. The van der Waals surface area contributed by atoms with Gasteiger partial charge in [0, 0.05) is 36.1 Å². The van der Waals surface area contributed by atoms with E-state index in [9.17, 15) is 0 Å². The molecule has 4 aromatic rings. The first-order valence-corrected chi connectivity index (χ1v) is 12.7. The van der Waals surface area contributed by atoms with Crippen LogP contribution in [0.3, 0.4) is 0 Å². The standard InChI is InChI=1S/C30H34N6/c1-21(17-22-9-7-12-25(18-22)30(2,3)31)34-29-32-15-14-28(35-29)36-16-8-13-26-27(36)19-24(20-33-26)23-10-5-4-6-11-23/h4-7,9-12,14-15,18-21H,8,13,16-17,31H2,1-3H3,(H,32,34,35)/t21-/m0/s1. The van der Waals surface area contributed by atoms with E-state index in [1.807, 2.05) is 38.4 Å². The average Bonchev–Trinajstić information content (AvgIpc) is 2.88. The third-order valence-electron chi connectivity index (χ3n) is 6.65. The van der Waals surface area contributed by atoms with Gasteiger partial charge in [-0.25, -0.2) is 4.98 Å². The van der Waals surface area contributed by atoms with Gasteiger partial charge in [-0.1, -0.05) is 54.6 Å². The molecule has 1 atom stereocenters. The van der Waals surface area contributed by atoms with Gasteiger partial charge in [-0.05, 0) is 68.9 Å². The van der Waals surface area contributed by atoms with Crippen molar-refractivity contribution in [1.82, 2.24) is 15.0 Å². The van der Waals surface area contributed by atoms with Crippen LogP contribution in [0, 0.1) is 0 Å². The van der Waals surface area contributed by atoms with Gasteiger partial charge in [0.1, 0.15) is 5.82 Å². The number of nitrogens with two attached hydrogens (primary N) is 1. The number of aromatic nitrogens is 3. The SMILES string of the molecule is C[C@@H](Cc1cccc(C(C)(C)N)c1)Nc1nccc(N2CCCc3ncc(-c4ccccc4)cc32)n1. The van der Waals surface area contributed by atoms with E-state index in [4.69, 9.17) is 15.7 Å². The lowest BCUT2D eigenvalue weighted by molar-refractivity contribution is 0.553. The van der Waals surface area contributed by atoms with Crippen molar-refractivity contribution in [3.63, 3.8) is 0 Å². The average molecular weight is 479 g/mol. The van der Waals surface area contributed by atoms with E-state index >= 15 is 0 Å². The second kappa shape index (κ2) is 10.1. The number of pyridine rings is 1. The van der Waals surface area contributed by atoms with Crippen molar-refractivity contribution in [1.29, 1.82) is 0 Å². The highest BCUT2D eigenvalue weighted by atomic mass is 15.2. The number of anilines is 3. The molecule has 0 amide bonds. The van der Waals surface area contributed by atoms with Crippen LogP contribution in [0.15, 0.2) is 79.1 Å². The highest BCUT2D eigenvalue weighted by Gasteiger charge is 2.22. The highest BCUT2D eigenvalue weighted by molar-refractivity contribution is 5.72. The van der Waals surface area contributed by atoms with Crippen molar-refractivity contribution in [2.24, 2.45) is 5.73 Å². The molecular formula is C30H34N6. The molecule has 6 nitrogen and oxygen atoms in total. The fourth-order valence-corrected chi connectivity index (χ4v) is 4.75. The molecule has 2 aromatic heterocycles. The summed E-state index contributed by atoms with van der Waals surface area (Å²) in [6.07, 6.45) is 6.69. The van der Waals surface area contributed by atoms with Crippen molar-refractivity contribution >= 4 is 17.5 Å². The minimum atomic E-state index is -0.357. The number of hydrogen-bond acceptors (Lipinski definition) is 6. The van der Waals surface area contributed by atoms with Crippen LogP contribution in [0.1, 0.15) is 44.0 Å². The van der Waals surface area contributed by atoms with Crippen molar-refractivity contribution in [2.75, 3.05) is 16.8 Å². The van der Waals surface area contributed by atoms with Crippen molar-refractivity contribution in [2.45, 2.75) is 51.6 Å². The maximum absolute atomic E-state index is 6.30. The zero-order chi connectivity index (χ0) is 25.1. The second-order valence-corrected chi connectivity index (χ2v) is 10.2. The molecule has 1 aliphatic heterocycles. The molecular weight excluding hydrogens is 444 g/mol.